The zero-order valence-electron chi connectivity index (χ0n) is 14.1. The number of anilines is 1. The van der Waals surface area contributed by atoms with Crippen LogP contribution in [0.1, 0.15) is 38.1 Å². The second kappa shape index (κ2) is 6.35. The Kier molecular flexibility index (Phi) is 4.14. The zero-order valence-corrected chi connectivity index (χ0v) is 14.9. The van der Waals surface area contributed by atoms with Crippen LogP contribution < -0.4 is 5.73 Å². The van der Waals surface area contributed by atoms with E-state index in [1.807, 2.05) is 0 Å². The van der Waals surface area contributed by atoms with Crippen LogP contribution in [0.2, 0.25) is 0 Å². The topological polar surface area (TPSA) is 90.9 Å². The van der Waals surface area contributed by atoms with Gasteiger partial charge in [-0.1, -0.05) is 25.3 Å². The number of halogens is 1. The lowest BCUT2D eigenvalue weighted by Crippen LogP contribution is -2.16. The quantitative estimate of drug-likeness (QED) is 0.758. The van der Waals surface area contributed by atoms with Crippen LogP contribution in [-0.4, -0.2) is 23.0 Å². The van der Waals surface area contributed by atoms with Crippen LogP contribution in [0.15, 0.2) is 46.5 Å². The summed E-state index contributed by atoms with van der Waals surface area (Å²) in [5.74, 6) is -0.492. The second-order valence-electron chi connectivity index (χ2n) is 6.57. The fourth-order valence-electron chi connectivity index (χ4n) is 3.74. The van der Waals surface area contributed by atoms with Gasteiger partial charge in [0.2, 0.25) is 9.84 Å². The molecular weight excluding hydrogens is 355 g/mol. The lowest BCUT2D eigenvalue weighted by atomic mass is 9.95. The molecule has 2 heterocycles. The SMILES string of the molecule is Nc1c(S(=O)(=O)c2cccc(F)c2)c2nccnc2n1C1CCCCC1. The molecule has 1 fully saturated rings. The normalized spacial score (nSPS) is 16.2. The average molecular weight is 374 g/mol. The number of aromatic nitrogens is 3. The first-order valence-electron chi connectivity index (χ1n) is 8.61. The third-order valence-corrected chi connectivity index (χ3v) is 6.74. The van der Waals surface area contributed by atoms with E-state index in [1.54, 1.807) is 4.57 Å². The molecule has 136 valence electrons. The number of hydrogen-bond acceptors (Lipinski definition) is 5. The van der Waals surface area contributed by atoms with Crippen molar-refractivity contribution in [1.82, 2.24) is 14.5 Å². The van der Waals surface area contributed by atoms with Crippen LogP contribution in [0.25, 0.3) is 11.2 Å². The van der Waals surface area contributed by atoms with Crippen molar-refractivity contribution in [2.75, 3.05) is 5.73 Å². The molecule has 4 rings (SSSR count). The summed E-state index contributed by atoms with van der Waals surface area (Å²) in [5, 5.41) is 0. The van der Waals surface area contributed by atoms with Gasteiger partial charge in [0.05, 0.1) is 4.90 Å². The molecule has 0 spiro atoms. The highest BCUT2D eigenvalue weighted by molar-refractivity contribution is 7.92. The Morgan fingerprint density at radius 2 is 1.85 bits per heavy atom. The molecule has 0 saturated heterocycles. The number of rotatable bonds is 3. The maximum atomic E-state index is 13.6. The second-order valence-corrected chi connectivity index (χ2v) is 8.45. The van der Waals surface area contributed by atoms with Crippen molar-refractivity contribution in [3.63, 3.8) is 0 Å². The molecule has 0 atom stereocenters. The summed E-state index contributed by atoms with van der Waals surface area (Å²) in [4.78, 5) is 8.35. The average Bonchev–Trinajstić information content (AvgIpc) is 2.95. The van der Waals surface area contributed by atoms with Crippen molar-refractivity contribution in [2.24, 2.45) is 0 Å². The Labute approximate surface area is 150 Å². The Balaban J connectivity index is 1.97. The van der Waals surface area contributed by atoms with Crippen LogP contribution >= 0.6 is 0 Å². The highest BCUT2D eigenvalue weighted by Crippen LogP contribution is 2.39. The van der Waals surface area contributed by atoms with Gasteiger partial charge in [-0.15, -0.1) is 0 Å². The van der Waals surface area contributed by atoms with Crippen LogP contribution in [0.3, 0.4) is 0 Å². The van der Waals surface area contributed by atoms with E-state index in [2.05, 4.69) is 9.97 Å². The van der Waals surface area contributed by atoms with E-state index in [1.165, 1.54) is 30.6 Å². The minimum absolute atomic E-state index is 0.0863. The number of hydrogen-bond donors (Lipinski definition) is 1. The number of nitrogen functional groups attached to an aromatic ring is 1. The lowest BCUT2D eigenvalue weighted by molar-refractivity contribution is 0.362. The summed E-state index contributed by atoms with van der Waals surface area (Å²) < 4.78 is 41.8. The van der Waals surface area contributed by atoms with Gasteiger partial charge in [0.15, 0.2) is 5.65 Å². The largest absolute Gasteiger partial charge is 0.384 e. The molecule has 0 aliphatic heterocycles. The number of benzene rings is 1. The van der Waals surface area contributed by atoms with Crippen molar-refractivity contribution >= 4 is 26.8 Å². The molecule has 1 saturated carbocycles. The molecule has 2 N–H and O–H groups in total. The van der Waals surface area contributed by atoms with E-state index in [4.69, 9.17) is 5.73 Å². The first kappa shape index (κ1) is 17.0. The van der Waals surface area contributed by atoms with Gasteiger partial charge in [0.1, 0.15) is 22.0 Å². The summed E-state index contributed by atoms with van der Waals surface area (Å²) in [7, 11) is -4.02. The number of fused-ring (bicyclic) bond motifs is 1. The molecule has 0 unspecified atom stereocenters. The predicted octanol–water partition coefficient (Wildman–Crippen LogP) is 3.49. The Hall–Kier alpha value is -2.48. The third kappa shape index (κ3) is 2.65. The van der Waals surface area contributed by atoms with Gasteiger partial charge >= 0.3 is 0 Å². The molecular formula is C18H19FN4O2S. The van der Waals surface area contributed by atoms with E-state index in [0.29, 0.717) is 5.65 Å². The summed E-state index contributed by atoms with van der Waals surface area (Å²) in [6.07, 6.45) is 8.10. The smallest absolute Gasteiger partial charge is 0.212 e. The van der Waals surface area contributed by atoms with Crippen molar-refractivity contribution in [2.45, 2.75) is 47.9 Å². The molecule has 3 aromatic rings. The molecule has 8 heteroatoms. The highest BCUT2D eigenvalue weighted by Gasteiger charge is 2.32. The van der Waals surface area contributed by atoms with Crippen molar-refractivity contribution in [3.05, 3.63) is 42.5 Å². The predicted molar refractivity (Wildman–Crippen MR) is 95.9 cm³/mol. The van der Waals surface area contributed by atoms with Crippen molar-refractivity contribution in [1.29, 1.82) is 0 Å². The van der Waals surface area contributed by atoms with Gasteiger partial charge in [0, 0.05) is 18.4 Å². The first-order valence-corrected chi connectivity index (χ1v) is 10.1. The maximum Gasteiger partial charge on any atom is 0.212 e. The Bertz CT molecular complexity index is 1070. The van der Waals surface area contributed by atoms with E-state index in [9.17, 15) is 12.8 Å². The van der Waals surface area contributed by atoms with Crippen molar-refractivity contribution < 1.29 is 12.8 Å². The minimum atomic E-state index is -4.02. The fraction of sp³-hybridized carbons (Fsp3) is 0.333. The summed E-state index contributed by atoms with van der Waals surface area (Å²) in [6, 6.07) is 5.02. The van der Waals surface area contributed by atoms with Gasteiger partial charge in [0.25, 0.3) is 0 Å². The standard InChI is InChI=1S/C18H19FN4O2S/c19-12-5-4-8-14(11-12)26(24,25)16-15-18(22-10-9-21-15)23(17(16)20)13-6-2-1-3-7-13/h4-5,8-11,13H,1-3,6-7,20H2. The monoisotopic (exact) mass is 374 g/mol. The van der Waals surface area contributed by atoms with E-state index in [-0.39, 0.29) is 27.2 Å². The molecule has 26 heavy (non-hydrogen) atoms. The minimum Gasteiger partial charge on any atom is -0.384 e. The fourth-order valence-corrected chi connectivity index (χ4v) is 5.27. The first-order chi connectivity index (χ1) is 12.5. The van der Waals surface area contributed by atoms with Crippen LogP contribution in [0.5, 0.6) is 0 Å². The number of nitrogens with two attached hydrogens (primary N) is 1. The highest BCUT2D eigenvalue weighted by atomic mass is 32.2. The molecule has 1 aliphatic carbocycles. The third-order valence-electron chi connectivity index (χ3n) is 4.93. The van der Waals surface area contributed by atoms with Gasteiger partial charge in [-0.05, 0) is 31.0 Å². The molecule has 1 aliphatic rings. The van der Waals surface area contributed by atoms with E-state index < -0.39 is 15.7 Å². The summed E-state index contributed by atoms with van der Waals surface area (Å²) in [6.45, 7) is 0. The van der Waals surface area contributed by atoms with Gasteiger partial charge in [-0.3, -0.25) is 0 Å². The Morgan fingerprint density at radius 1 is 1.12 bits per heavy atom. The summed E-state index contributed by atoms with van der Waals surface area (Å²) >= 11 is 0. The molecule has 6 nitrogen and oxygen atoms in total. The summed E-state index contributed by atoms with van der Waals surface area (Å²) in [5.41, 5.74) is 7.02. The zero-order chi connectivity index (χ0) is 18.3. The molecule has 0 bridgehead atoms. The van der Waals surface area contributed by atoms with Crippen LogP contribution in [0, 0.1) is 5.82 Å². The van der Waals surface area contributed by atoms with Crippen molar-refractivity contribution in [3.8, 4) is 0 Å². The lowest BCUT2D eigenvalue weighted by Gasteiger charge is -2.24. The molecule has 1 aromatic carbocycles. The van der Waals surface area contributed by atoms with E-state index in [0.717, 1.165) is 38.2 Å². The van der Waals surface area contributed by atoms with Crippen LogP contribution in [0.4, 0.5) is 10.2 Å². The molecule has 0 amide bonds. The van der Waals surface area contributed by atoms with Gasteiger partial charge in [-0.2, -0.15) is 0 Å². The maximum absolute atomic E-state index is 13.6. The van der Waals surface area contributed by atoms with Gasteiger partial charge < -0.3 is 10.3 Å². The van der Waals surface area contributed by atoms with E-state index >= 15 is 0 Å². The molecule has 0 radical (unpaired) electrons. The van der Waals surface area contributed by atoms with Gasteiger partial charge in [-0.25, -0.2) is 22.8 Å². The van der Waals surface area contributed by atoms with Crippen LogP contribution in [-0.2, 0) is 9.84 Å². The number of nitrogens with zero attached hydrogens (tertiary/aromatic N) is 3. The number of sulfone groups is 1. The molecule has 2 aromatic heterocycles. The Morgan fingerprint density at radius 3 is 2.58 bits per heavy atom.